The van der Waals surface area contributed by atoms with E-state index in [-0.39, 0.29) is 0 Å². The van der Waals surface area contributed by atoms with E-state index < -0.39 is 0 Å². The van der Waals surface area contributed by atoms with E-state index in [1.807, 2.05) is 50.3 Å². The van der Waals surface area contributed by atoms with Gasteiger partial charge in [0, 0.05) is 10.0 Å². The third kappa shape index (κ3) is 4.70. The van der Waals surface area contributed by atoms with Gasteiger partial charge in [0.2, 0.25) is 0 Å². The standard InChI is InChI=1S/C19H19BrO3/c1-3-22-17-8-7-16(13-21)14(11-17)5-6-15-12-18(23-4-2)9-10-19(15)20/h5-13H,3-4H2,1-2H3. The lowest BCUT2D eigenvalue weighted by Gasteiger charge is -2.07. The summed E-state index contributed by atoms with van der Waals surface area (Å²) in [7, 11) is 0. The van der Waals surface area contributed by atoms with Crippen LogP contribution in [0.15, 0.2) is 40.9 Å². The van der Waals surface area contributed by atoms with Crippen LogP contribution in [0.4, 0.5) is 0 Å². The summed E-state index contributed by atoms with van der Waals surface area (Å²) < 4.78 is 12.0. The molecule has 120 valence electrons. The molecule has 23 heavy (non-hydrogen) atoms. The third-order valence-electron chi connectivity index (χ3n) is 3.22. The van der Waals surface area contributed by atoms with Crippen LogP contribution in [0.2, 0.25) is 0 Å². The molecule has 3 nitrogen and oxygen atoms in total. The molecule has 0 heterocycles. The number of rotatable bonds is 7. The van der Waals surface area contributed by atoms with Crippen molar-refractivity contribution in [2.24, 2.45) is 0 Å². The molecule has 0 spiro atoms. The zero-order valence-corrected chi connectivity index (χ0v) is 14.8. The van der Waals surface area contributed by atoms with Crippen LogP contribution in [-0.2, 0) is 0 Å². The van der Waals surface area contributed by atoms with Crippen LogP contribution in [0, 0.1) is 0 Å². The van der Waals surface area contributed by atoms with Crippen molar-refractivity contribution < 1.29 is 14.3 Å². The molecule has 0 saturated heterocycles. The number of ether oxygens (including phenoxy) is 2. The molecule has 2 rings (SSSR count). The van der Waals surface area contributed by atoms with E-state index in [1.54, 1.807) is 12.1 Å². The molecule has 0 aliphatic rings. The maximum atomic E-state index is 11.2. The first-order valence-electron chi connectivity index (χ1n) is 7.50. The fourth-order valence-electron chi connectivity index (χ4n) is 2.15. The molecule has 0 unspecified atom stereocenters. The van der Waals surface area contributed by atoms with Crippen LogP contribution in [0.5, 0.6) is 11.5 Å². The Balaban J connectivity index is 2.33. The Morgan fingerprint density at radius 1 is 0.870 bits per heavy atom. The Morgan fingerprint density at radius 2 is 1.43 bits per heavy atom. The van der Waals surface area contributed by atoms with Gasteiger partial charge in [0.1, 0.15) is 11.5 Å². The highest BCUT2D eigenvalue weighted by atomic mass is 79.9. The molecule has 0 aromatic heterocycles. The Kier molecular flexibility index (Phi) is 6.41. The summed E-state index contributed by atoms with van der Waals surface area (Å²) in [5.41, 5.74) is 2.43. The van der Waals surface area contributed by atoms with Gasteiger partial charge in [-0.15, -0.1) is 0 Å². The van der Waals surface area contributed by atoms with Gasteiger partial charge in [-0.2, -0.15) is 0 Å². The Bertz CT molecular complexity index is 708. The van der Waals surface area contributed by atoms with Gasteiger partial charge in [-0.1, -0.05) is 28.1 Å². The fraction of sp³-hybridized carbons (Fsp3) is 0.211. The normalized spacial score (nSPS) is 10.7. The van der Waals surface area contributed by atoms with Crippen LogP contribution in [-0.4, -0.2) is 19.5 Å². The summed E-state index contributed by atoms with van der Waals surface area (Å²) in [5.74, 6) is 1.56. The largest absolute Gasteiger partial charge is 0.494 e. The highest BCUT2D eigenvalue weighted by molar-refractivity contribution is 9.10. The quantitative estimate of drug-likeness (QED) is 0.491. The molecule has 2 aromatic carbocycles. The molecule has 0 aliphatic carbocycles. The zero-order valence-electron chi connectivity index (χ0n) is 13.2. The molecular formula is C19H19BrO3. The molecule has 4 heteroatoms. The smallest absolute Gasteiger partial charge is 0.150 e. The molecule has 2 aromatic rings. The van der Waals surface area contributed by atoms with Crippen LogP contribution in [0.25, 0.3) is 12.2 Å². The zero-order chi connectivity index (χ0) is 16.7. The maximum absolute atomic E-state index is 11.2. The first-order chi connectivity index (χ1) is 11.2. The lowest BCUT2D eigenvalue weighted by atomic mass is 10.1. The van der Waals surface area contributed by atoms with Gasteiger partial charge in [0.05, 0.1) is 13.2 Å². The van der Waals surface area contributed by atoms with Crippen LogP contribution in [0.1, 0.15) is 35.3 Å². The minimum Gasteiger partial charge on any atom is -0.494 e. The Labute approximate surface area is 145 Å². The molecule has 0 aliphatic heterocycles. The van der Waals surface area contributed by atoms with Gasteiger partial charge < -0.3 is 9.47 Å². The first-order valence-corrected chi connectivity index (χ1v) is 8.29. The number of benzene rings is 2. The second-order valence-electron chi connectivity index (χ2n) is 4.79. The van der Waals surface area contributed by atoms with Gasteiger partial charge in [-0.3, -0.25) is 4.79 Å². The van der Waals surface area contributed by atoms with Gasteiger partial charge in [0.25, 0.3) is 0 Å². The van der Waals surface area contributed by atoms with Crippen molar-refractivity contribution in [3.05, 3.63) is 57.6 Å². The van der Waals surface area contributed by atoms with Gasteiger partial charge in [-0.25, -0.2) is 0 Å². The predicted octanol–water partition coefficient (Wildman–Crippen LogP) is 5.23. The number of aldehydes is 1. The van der Waals surface area contributed by atoms with Gasteiger partial charge >= 0.3 is 0 Å². The number of hydrogen-bond donors (Lipinski definition) is 0. The van der Waals surface area contributed by atoms with E-state index in [2.05, 4.69) is 15.9 Å². The summed E-state index contributed by atoms with van der Waals surface area (Å²) in [6.07, 6.45) is 4.70. The summed E-state index contributed by atoms with van der Waals surface area (Å²) in [5, 5.41) is 0. The van der Waals surface area contributed by atoms with E-state index in [0.717, 1.165) is 33.4 Å². The Hall–Kier alpha value is -2.07. The van der Waals surface area contributed by atoms with E-state index >= 15 is 0 Å². The van der Waals surface area contributed by atoms with Crippen LogP contribution >= 0.6 is 15.9 Å². The van der Waals surface area contributed by atoms with Crippen molar-refractivity contribution in [2.75, 3.05) is 13.2 Å². The average molecular weight is 375 g/mol. The minimum absolute atomic E-state index is 0.589. The lowest BCUT2D eigenvalue weighted by Crippen LogP contribution is -1.94. The monoisotopic (exact) mass is 374 g/mol. The SMILES string of the molecule is CCOc1ccc(Br)c(C=Cc2cc(OCC)ccc2C=O)c1. The number of carbonyl (C=O) groups excluding carboxylic acids is 1. The van der Waals surface area contributed by atoms with Gasteiger partial charge in [0.15, 0.2) is 6.29 Å². The van der Waals surface area contributed by atoms with Crippen molar-refractivity contribution in [3.63, 3.8) is 0 Å². The van der Waals surface area contributed by atoms with Crippen molar-refractivity contribution >= 4 is 34.4 Å². The molecule has 0 bridgehead atoms. The molecule has 0 saturated carbocycles. The van der Waals surface area contributed by atoms with E-state index in [0.29, 0.717) is 18.8 Å². The Morgan fingerprint density at radius 3 is 2.04 bits per heavy atom. The second-order valence-corrected chi connectivity index (χ2v) is 5.65. The molecular weight excluding hydrogens is 356 g/mol. The third-order valence-corrected chi connectivity index (χ3v) is 3.94. The summed E-state index contributed by atoms with van der Waals surface area (Å²) in [4.78, 5) is 11.2. The number of carbonyl (C=O) groups is 1. The fourth-order valence-corrected chi connectivity index (χ4v) is 2.53. The van der Waals surface area contributed by atoms with E-state index in [9.17, 15) is 4.79 Å². The van der Waals surface area contributed by atoms with Crippen molar-refractivity contribution in [1.82, 2.24) is 0 Å². The maximum Gasteiger partial charge on any atom is 0.150 e. The highest BCUT2D eigenvalue weighted by Gasteiger charge is 2.03. The van der Waals surface area contributed by atoms with E-state index in [4.69, 9.17) is 9.47 Å². The highest BCUT2D eigenvalue weighted by Crippen LogP contribution is 2.26. The van der Waals surface area contributed by atoms with Gasteiger partial charge in [-0.05, 0) is 61.4 Å². The summed E-state index contributed by atoms with van der Waals surface area (Å²) in [6, 6.07) is 11.3. The summed E-state index contributed by atoms with van der Waals surface area (Å²) >= 11 is 3.53. The number of halogens is 1. The molecule has 0 fully saturated rings. The first kappa shape index (κ1) is 17.3. The topological polar surface area (TPSA) is 35.5 Å². The van der Waals surface area contributed by atoms with Crippen LogP contribution in [0.3, 0.4) is 0 Å². The minimum atomic E-state index is 0.589. The molecule has 0 N–H and O–H groups in total. The van der Waals surface area contributed by atoms with Crippen molar-refractivity contribution in [1.29, 1.82) is 0 Å². The van der Waals surface area contributed by atoms with Crippen molar-refractivity contribution in [2.45, 2.75) is 13.8 Å². The van der Waals surface area contributed by atoms with E-state index in [1.165, 1.54) is 0 Å². The predicted molar refractivity (Wildman–Crippen MR) is 97.2 cm³/mol. The molecule has 0 amide bonds. The number of hydrogen-bond acceptors (Lipinski definition) is 3. The second kappa shape index (κ2) is 8.53. The van der Waals surface area contributed by atoms with Crippen molar-refractivity contribution in [3.8, 4) is 11.5 Å². The summed E-state index contributed by atoms with van der Waals surface area (Å²) in [6.45, 7) is 5.09. The molecule has 0 radical (unpaired) electrons. The lowest BCUT2D eigenvalue weighted by molar-refractivity contribution is 0.112. The van der Waals surface area contributed by atoms with Crippen LogP contribution < -0.4 is 9.47 Å². The average Bonchev–Trinajstić information content (AvgIpc) is 2.56. The molecule has 0 atom stereocenters.